The van der Waals surface area contributed by atoms with Gasteiger partial charge in [-0.05, 0) is 30.5 Å². The van der Waals surface area contributed by atoms with E-state index in [1.54, 1.807) is 11.5 Å². The van der Waals surface area contributed by atoms with Crippen molar-refractivity contribution in [3.8, 4) is 0 Å². The smallest absolute Gasteiger partial charge is 0.272 e. The highest BCUT2D eigenvalue weighted by molar-refractivity contribution is 5.77. The molecule has 0 heterocycles. The molecule has 0 aliphatic carbocycles. The molecule has 0 aliphatic heterocycles. The Morgan fingerprint density at radius 3 is 2.50 bits per heavy atom. The number of hydrogen-bond acceptors (Lipinski definition) is 2. The zero-order valence-corrected chi connectivity index (χ0v) is 10.1. The monoisotopic (exact) mass is 261 g/mol. The van der Waals surface area contributed by atoms with E-state index in [0.29, 0.717) is 0 Å². The lowest BCUT2D eigenvalue weighted by molar-refractivity contribution is -0.191. The Labute approximate surface area is 103 Å². The molecule has 0 aliphatic rings. The first-order chi connectivity index (χ1) is 8.28. The molecule has 18 heavy (non-hydrogen) atoms. The Bertz CT molecular complexity index is 430. The number of aryl methyl sites for hydroxylation is 2. The van der Waals surface area contributed by atoms with Crippen LogP contribution in [-0.4, -0.2) is 18.7 Å². The van der Waals surface area contributed by atoms with E-state index in [4.69, 9.17) is 0 Å². The molecular weight excluding hydrogens is 247 g/mol. The van der Waals surface area contributed by atoms with Crippen LogP contribution in [0.4, 0.5) is 13.2 Å². The number of carbonyl (C=O) groups is 1. The Morgan fingerprint density at radius 2 is 1.94 bits per heavy atom. The molecule has 1 amide bonds. The van der Waals surface area contributed by atoms with Crippen molar-refractivity contribution in [1.82, 2.24) is 5.48 Å². The zero-order valence-electron chi connectivity index (χ0n) is 10.1. The normalized spacial score (nSPS) is 11.4. The van der Waals surface area contributed by atoms with Gasteiger partial charge in [-0.15, -0.1) is 0 Å². The highest BCUT2D eigenvalue weighted by atomic mass is 19.4. The number of benzene rings is 1. The lowest BCUT2D eigenvalue weighted by Crippen LogP contribution is -2.30. The molecule has 0 saturated heterocycles. The molecule has 3 nitrogen and oxygen atoms in total. The van der Waals surface area contributed by atoms with E-state index in [9.17, 15) is 18.0 Å². The number of rotatable bonds is 4. The van der Waals surface area contributed by atoms with Crippen molar-refractivity contribution in [2.75, 3.05) is 6.61 Å². The van der Waals surface area contributed by atoms with Crippen LogP contribution < -0.4 is 5.48 Å². The summed E-state index contributed by atoms with van der Waals surface area (Å²) >= 11 is 0. The quantitative estimate of drug-likeness (QED) is 0.845. The van der Waals surface area contributed by atoms with Crippen molar-refractivity contribution in [1.29, 1.82) is 0 Å². The molecule has 0 unspecified atom stereocenters. The summed E-state index contributed by atoms with van der Waals surface area (Å²) in [4.78, 5) is 15.4. The summed E-state index contributed by atoms with van der Waals surface area (Å²) in [5.41, 5.74) is 4.61. The molecule has 0 bridgehead atoms. The minimum absolute atomic E-state index is 0.0149. The van der Waals surface area contributed by atoms with Gasteiger partial charge in [0.15, 0.2) is 6.61 Å². The van der Waals surface area contributed by atoms with Crippen LogP contribution in [0, 0.1) is 13.8 Å². The predicted molar refractivity (Wildman–Crippen MR) is 59.8 cm³/mol. The topological polar surface area (TPSA) is 38.3 Å². The number of amides is 1. The van der Waals surface area contributed by atoms with E-state index in [1.807, 2.05) is 26.0 Å². The standard InChI is InChI=1S/C12H14F3NO2/c1-8-3-4-10(5-9(8)2)6-11(17)16-18-7-12(13,14)15/h3-5H,6-7H2,1-2H3,(H,16,17). The molecule has 0 spiro atoms. The summed E-state index contributed by atoms with van der Waals surface area (Å²) < 4.78 is 35.3. The maximum Gasteiger partial charge on any atom is 0.414 e. The Hall–Kier alpha value is -1.56. The van der Waals surface area contributed by atoms with Gasteiger partial charge in [0.2, 0.25) is 5.91 Å². The Balaban J connectivity index is 2.42. The summed E-state index contributed by atoms with van der Waals surface area (Å²) in [5, 5.41) is 0. The largest absolute Gasteiger partial charge is 0.414 e. The summed E-state index contributed by atoms with van der Waals surface area (Å²) in [5.74, 6) is -0.609. The van der Waals surface area contributed by atoms with Gasteiger partial charge in [-0.1, -0.05) is 18.2 Å². The molecule has 1 rings (SSSR count). The number of nitrogens with one attached hydrogen (secondary N) is 1. The third-order valence-corrected chi connectivity index (χ3v) is 2.36. The van der Waals surface area contributed by atoms with Crippen LogP contribution in [0.2, 0.25) is 0 Å². The van der Waals surface area contributed by atoms with E-state index >= 15 is 0 Å². The zero-order chi connectivity index (χ0) is 13.8. The fourth-order valence-corrected chi connectivity index (χ4v) is 1.33. The highest BCUT2D eigenvalue weighted by Crippen LogP contribution is 2.14. The van der Waals surface area contributed by atoms with Crippen molar-refractivity contribution in [3.05, 3.63) is 34.9 Å². The van der Waals surface area contributed by atoms with Crippen LogP contribution in [0.15, 0.2) is 18.2 Å². The summed E-state index contributed by atoms with van der Waals surface area (Å²) in [6, 6.07) is 5.43. The molecule has 1 aromatic rings. The van der Waals surface area contributed by atoms with Gasteiger partial charge < -0.3 is 0 Å². The number of carbonyl (C=O) groups excluding carboxylic acids is 1. The number of alkyl halides is 3. The van der Waals surface area contributed by atoms with Crippen LogP contribution >= 0.6 is 0 Å². The van der Waals surface area contributed by atoms with E-state index in [2.05, 4.69) is 4.84 Å². The molecule has 1 N–H and O–H groups in total. The van der Waals surface area contributed by atoms with Crippen LogP contribution in [0.5, 0.6) is 0 Å². The summed E-state index contributed by atoms with van der Waals surface area (Å²) in [6.07, 6.45) is -4.47. The van der Waals surface area contributed by atoms with Crippen molar-refractivity contribution in [3.63, 3.8) is 0 Å². The maximum atomic E-state index is 11.8. The molecule has 0 atom stereocenters. The van der Waals surface area contributed by atoms with Gasteiger partial charge in [0.1, 0.15) is 0 Å². The van der Waals surface area contributed by atoms with Gasteiger partial charge in [0.25, 0.3) is 0 Å². The van der Waals surface area contributed by atoms with Crippen molar-refractivity contribution < 1.29 is 22.8 Å². The van der Waals surface area contributed by atoms with E-state index in [1.165, 1.54) is 0 Å². The summed E-state index contributed by atoms with van der Waals surface area (Å²) in [6.45, 7) is 2.34. The molecule has 0 fully saturated rings. The lowest BCUT2D eigenvalue weighted by atomic mass is 10.0. The molecule has 6 heteroatoms. The van der Waals surface area contributed by atoms with Crippen molar-refractivity contribution in [2.24, 2.45) is 0 Å². The third kappa shape index (κ3) is 5.18. The van der Waals surface area contributed by atoms with E-state index < -0.39 is 18.7 Å². The van der Waals surface area contributed by atoms with Crippen molar-refractivity contribution in [2.45, 2.75) is 26.4 Å². The first-order valence-electron chi connectivity index (χ1n) is 5.31. The highest BCUT2D eigenvalue weighted by Gasteiger charge is 2.28. The Morgan fingerprint density at radius 1 is 1.28 bits per heavy atom. The molecule has 0 saturated carbocycles. The van der Waals surface area contributed by atoms with E-state index in [0.717, 1.165) is 16.7 Å². The Kier molecular flexibility index (Phi) is 4.72. The van der Waals surface area contributed by atoms with Gasteiger partial charge >= 0.3 is 6.18 Å². The van der Waals surface area contributed by atoms with Crippen LogP contribution in [0.1, 0.15) is 16.7 Å². The van der Waals surface area contributed by atoms with Crippen LogP contribution in [0.25, 0.3) is 0 Å². The molecule has 1 aromatic carbocycles. The number of halogens is 3. The van der Waals surface area contributed by atoms with Crippen LogP contribution in [-0.2, 0) is 16.1 Å². The number of hydrogen-bond donors (Lipinski definition) is 1. The second-order valence-electron chi connectivity index (χ2n) is 4.02. The average molecular weight is 261 g/mol. The molecular formula is C12H14F3NO2. The lowest BCUT2D eigenvalue weighted by Gasteiger charge is -2.09. The first kappa shape index (κ1) is 14.5. The molecule has 100 valence electrons. The van der Waals surface area contributed by atoms with Crippen LogP contribution in [0.3, 0.4) is 0 Å². The second-order valence-corrected chi connectivity index (χ2v) is 4.02. The minimum Gasteiger partial charge on any atom is -0.272 e. The van der Waals surface area contributed by atoms with Crippen molar-refractivity contribution >= 4 is 5.91 Å². The number of hydroxylamine groups is 1. The second kappa shape index (κ2) is 5.86. The van der Waals surface area contributed by atoms with Gasteiger partial charge in [0, 0.05) is 0 Å². The van der Waals surface area contributed by atoms with Gasteiger partial charge in [-0.2, -0.15) is 13.2 Å². The van der Waals surface area contributed by atoms with Gasteiger partial charge in [-0.3, -0.25) is 9.63 Å². The predicted octanol–water partition coefficient (Wildman–Crippen LogP) is 2.46. The minimum atomic E-state index is -4.45. The average Bonchev–Trinajstić information content (AvgIpc) is 2.21. The third-order valence-electron chi connectivity index (χ3n) is 2.36. The molecule has 0 aromatic heterocycles. The summed E-state index contributed by atoms with van der Waals surface area (Å²) in [7, 11) is 0. The fourth-order valence-electron chi connectivity index (χ4n) is 1.33. The maximum absolute atomic E-state index is 11.8. The fraction of sp³-hybridized carbons (Fsp3) is 0.417. The SMILES string of the molecule is Cc1ccc(CC(=O)NOCC(F)(F)F)cc1C. The van der Waals surface area contributed by atoms with E-state index in [-0.39, 0.29) is 6.42 Å². The first-order valence-corrected chi connectivity index (χ1v) is 5.31. The molecule has 0 radical (unpaired) electrons. The van der Waals surface area contributed by atoms with Gasteiger partial charge in [-0.25, -0.2) is 5.48 Å². The van der Waals surface area contributed by atoms with Gasteiger partial charge in [0.05, 0.1) is 6.42 Å².